The summed E-state index contributed by atoms with van der Waals surface area (Å²) in [5.74, 6) is 0.739. The molecule has 2 aromatic rings. The molecule has 0 aliphatic heterocycles. The minimum Gasteiger partial charge on any atom is -0.469 e. The van der Waals surface area contributed by atoms with Crippen LogP contribution < -0.4 is 4.74 Å². The molecule has 0 bridgehead atoms. The van der Waals surface area contributed by atoms with Gasteiger partial charge in [-0.25, -0.2) is 0 Å². The quantitative estimate of drug-likeness (QED) is 0.747. The van der Waals surface area contributed by atoms with Crippen LogP contribution in [0.15, 0.2) is 48.7 Å². The molecule has 1 heterocycles. The van der Waals surface area contributed by atoms with Gasteiger partial charge >= 0.3 is 0 Å². The highest BCUT2D eigenvalue weighted by atomic mass is 16.5. The summed E-state index contributed by atoms with van der Waals surface area (Å²) in [6.07, 6.45) is 10.0. The lowest BCUT2D eigenvalue weighted by Crippen LogP contribution is -2.23. The summed E-state index contributed by atoms with van der Waals surface area (Å²) in [5.41, 5.74) is 2.22. The largest absolute Gasteiger partial charge is 0.469 e. The van der Waals surface area contributed by atoms with Crippen molar-refractivity contribution in [2.75, 3.05) is 20.6 Å². The minimum absolute atomic E-state index is 0.133. The fourth-order valence-electron chi connectivity index (χ4n) is 3.14. The van der Waals surface area contributed by atoms with Gasteiger partial charge in [-0.05, 0) is 51.9 Å². The molecule has 2 unspecified atom stereocenters. The van der Waals surface area contributed by atoms with Crippen molar-refractivity contribution in [3.05, 3.63) is 48.7 Å². The predicted molar refractivity (Wildman–Crippen MR) is 98.3 cm³/mol. The van der Waals surface area contributed by atoms with E-state index in [1.165, 1.54) is 6.42 Å². The van der Waals surface area contributed by atoms with Crippen molar-refractivity contribution in [3.8, 4) is 17.0 Å². The first-order valence-electron chi connectivity index (χ1n) is 8.76. The molecule has 1 aromatic carbocycles. The number of ether oxygens (including phenoxy) is 1. The second kappa shape index (κ2) is 7.67. The van der Waals surface area contributed by atoms with Crippen LogP contribution >= 0.6 is 0 Å². The standard InChI is InChI=1S/C20H27N3O/c1-16(14-22(2)3)23-15-19(17-10-6-4-7-11-17)20(21-23)24-18-12-8-5-9-13-18/h4,6-8,10-12,15-16,18H,5,9,13-14H2,1-3H3. The molecule has 4 heteroatoms. The lowest BCUT2D eigenvalue weighted by Gasteiger charge is -2.18. The molecule has 1 aromatic heterocycles. The highest BCUT2D eigenvalue weighted by molar-refractivity contribution is 5.67. The van der Waals surface area contributed by atoms with Crippen LogP contribution in [0.25, 0.3) is 11.1 Å². The summed E-state index contributed by atoms with van der Waals surface area (Å²) in [4.78, 5) is 2.18. The Labute approximate surface area is 144 Å². The third kappa shape index (κ3) is 4.06. The number of aromatic nitrogens is 2. The molecule has 2 atom stereocenters. The summed E-state index contributed by atoms with van der Waals surface area (Å²) in [6, 6.07) is 10.7. The average molecular weight is 325 g/mol. The van der Waals surface area contributed by atoms with Gasteiger partial charge in [-0.2, -0.15) is 0 Å². The second-order valence-corrected chi connectivity index (χ2v) is 6.82. The molecule has 24 heavy (non-hydrogen) atoms. The van der Waals surface area contributed by atoms with E-state index in [4.69, 9.17) is 9.84 Å². The van der Waals surface area contributed by atoms with Gasteiger partial charge in [-0.3, -0.25) is 4.68 Å². The first kappa shape index (κ1) is 16.8. The van der Waals surface area contributed by atoms with Crippen LogP contribution in [0.2, 0.25) is 0 Å². The Hall–Kier alpha value is -2.07. The van der Waals surface area contributed by atoms with Gasteiger partial charge in [0.05, 0.1) is 11.6 Å². The molecule has 128 valence electrons. The van der Waals surface area contributed by atoms with Crippen molar-refractivity contribution in [2.45, 2.75) is 38.3 Å². The topological polar surface area (TPSA) is 30.3 Å². The number of likely N-dealkylation sites (N-methyl/N-ethyl adjacent to an activating group) is 1. The smallest absolute Gasteiger partial charge is 0.241 e. The van der Waals surface area contributed by atoms with Crippen LogP contribution in [0.1, 0.15) is 32.2 Å². The van der Waals surface area contributed by atoms with Crippen LogP contribution in [0.3, 0.4) is 0 Å². The van der Waals surface area contributed by atoms with Gasteiger partial charge in [0.2, 0.25) is 5.88 Å². The van der Waals surface area contributed by atoms with Crippen molar-refractivity contribution in [2.24, 2.45) is 0 Å². The van der Waals surface area contributed by atoms with E-state index in [-0.39, 0.29) is 6.10 Å². The Bertz CT molecular complexity index is 675. The molecular formula is C20H27N3O. The molecule has 1 aliphatic carbocycles. The summed E-state index contributed by atoms with van der Waals surface area (Å²) in [6.45, 7) is 3.13. The van der Waals surface area contributed by atoms with E-state index >= 15 is 0 Å². The first-order chi connectivity index (χ1) is 11.6. The molecule has 0 saturated heterocycles. The lowest BCUT2D eigenvalue weighted by molar-refractivity contribution is 0.216. The number of benzene rings is 1. The second-order valence-electron chi connectivity index (χ2n) is 6.82. The van der Waals surface area contributed by atoms with Gasteiger partial charge in [0, 0.05) is 12.7 Å². The molecule has 0 N–H and O–H groups in total. The Morgan fingerprint density at radius 3 is 2.75 bits per heavy atom. The van der Waals surface area contributed by atoms with Gasteiger partial charge in [0.25, 0.3) is 0 Å². The number of rotatable bonds is 6. The molecular weight excluding hydrogens is 298 g/mol. The predicted octanol–water partition coefficient (Wildman–Crippen LogP) is 4.16. The van der Waals surface area contributed by atoms with Crippen LogP contribution in [0.5, 0.6) is 5.88 Å². The Kier molecular flexibility index (Phi) is 5.36. The Morgan fingerprint density at radius 2 is 2.08 bits per heavy atom. The van der Waals surface area contributed by atoms with Crippen LogP contribution in [0.4, 0.5) is 0 Å². The van der Waals surface area contributed by atoms with E-state index < -0.39 is 0 Å². The summed E-state index contributed by atoms with van der Waals surface area (Å²) >= 11 is 0. The van der Waals surface area contributed by atoms with E-state index in [2.05, 4.69) is 68.5 Å². The van der Waals surface area contributed by atoms with Crippen LogP contribution in [-0.2, 0) is 0 Å². The maximum absolute atomic E-state index is 6.24. The van der Waals surface area contributed by atoms with Crippen molar-refractivity contribution < 1.29 is 4.74 Å². The van der Waals surface area contributed by atoms with E-state index in [0.717, 1.165) is 36.4 Å². The zero-order valence-corrected chi connectivity index (χ0v) is 14.9. The first-order valence-corrected chi connectivity index (χ1v) is 8.76. The molecule has 0 saturated carbocycles. The Balaban J connectivity index is 1.90. The number of hydrogen-bond donors (Lipinski definition) is 0. The van der Waals surface area contributed by atoms with Gasteiger partial charge in [0.15, 0.2) is 0 Å². The molecule has 0 radical (unpaired) electrons. The molecule has 3 rings (SSSR count). The monoisotopic (exact) mass is 325 g/mol. The third-order valence-electron chi connectivity index (χ3n) is 4.34. The van der Waals surface area contributed by atoms with Crippen molar-refractivity contribution in [1.82, 2.24) is 14.7 Å². The number of hydrogen-bond acceptors (Lipinski definition) is 3. The minimum atomic E-state index is 0.133. The molecule has 0 amide bonds. The van der Waals surface area contributed by atoms with E-state index in [0.29, 0.717) is 6.04 Å². The van der Waals surface area contributed by atoms with Gasteiger partial charge in [-0.1, -0.05) is 36.4 Å². The van der Waals surface area contributed by atoms with Crippen molar-refractivity contribution in [3.63, 3.8) is 0 Å². The van der Waals surface area contributed by atoms with Gasteiger partial charge in [0.1, 0.15) is 6.10 Å². The third-order valence-corrected chi connectivity index (χ3v) is 4.34. The molecule has 4 nitrogen and oxygen atoms in total. The fraction of sp³-hybridized carbons (Fsp3) is 0.450. The average Bonchev–Trinajstić information content (AvgIpc) is 3.00. The van der Waals surface area contributed by atoms with E-state index in [1.54, 1.807) is 0 Å². The highest BCUT2D eigenvalue weighted by Gasteiger charge is 2.19. The zero-order chi connectivity index (χ0) is 16.9. The molecule has 0 spiro atoms. The van der Waals surface area contributed by atoms with E-state index in [9.17, 15) is 0 Å². The maximum atomic E-state index is 6.24. The van der Waals surface area contributed by atoms with Crippen LogP contribution in [-0.4, -0.2) is 41.4 Å². The molecule has 1 aliphatic rings. The van der Waals surface area contributed by atoms with Gasteiger partial charge < -0.3 is 9.64 Å². The van der Waals surface area contributed by atoms with Gasteiger partial charge in [-0.15, -0.1) is 5.10 Å². The zero-order valence-electron chi connectivity index (χ0n) is 14.9. The SMILES string of the molecule is CC(CN(C)C)n1cc(-c2ccccc2)c(OC2C=CCCC2)n1. The highest BCUT2D eigenvalue weighted by Crippen LogP contribution is 2.31. The molecule has 0 fully saturated rings. The Morgan fingerprint density at radius 1 is 1.29 bits per heavy atom. The van der Waals surface area contributed by atoms with E-state index in [1.807, 2.05) is 10.7 Å². The normalized spacial score (nSPS) is 18.8. The summed E-state index contributed by atoms with van der Waals surface area (Å²) < 4.78 is 8.28. The number of nitrogens with zero attached hydrogens (tertiary/aromatic N) is 3. The number of allylic oxidation sites excluding steroid dienone is 1. The summed E-state index contributed by atoms with van der Waals surface area (Å²) in [7, 11) is 4.17. The summed E-state index contributed by atoms with van der Waals surface area (Å²) in [5, 5.41) is 4.77. The van der Waals surface area contributed by atoms with Crippen molar-refractivity contribution >= 4 is 0 Å². The van der Waals surface area contributed by atoms with Crippen molar-refractivity contribution in [1.29, 1.82) is 0 Å². The maximum Gasteiger partial charge on any atom is 0.241 e. The lowest BCUT2D eigenvalue weighted by atomic mass is 10.1. The fourth-order valence-corrected chi connectivity index (χ4v) is 3.14. The van der Waals surface area contributed by atoms with Crippen LogP contribution in [0, 0.1) is 0 Å².